The molecule has 70 valence electrons. The molecule has 12 heavy (non-hydrogen) atoms. The average molecular weight is 169 g/mol. The first kappa shape index (κ1) is 11.2. The fourth-order valence-electron chi connectivity index (χ4n) is 0.971. The summed E-state index contributed by atoms with van der Waals surface area (Å²) in [6, 6.07) is 0. The summed E-state index contributed by atoms with van der Waals surface area (Å²) in [6.45, 7) is 9.99. The van der Waals surface area contributed by atoms with Crippen molar-refractivity contribution in [2.45, 2.75) is 46.6 Å². The van der Waals surface area contributed by atoms with Crippen LogP contribution in [-0.4, -0.2) is 11.3 Å². The van der Waals surface area contributed by atoms with E-state index in [1.807, 2.05) is 13.8 Å². The Kier molecular flexibility index (Phi) is 4.01. The van der Waals surface area contributed by atoms with Crippen molar-refractivity contribution in [3.05, 3.63) is 11.8 Å². The van der Waals surface area contributed by atoms with Gasteiger partial charge in [-0.05, 0) is 33.8 Å². The molecule has 0 aliphatic heterocycles. The molecule has 0 aliphatic rings. The van der Waals surface area contributed by atoms with Gasteiger partial charge in [-0.25, -0.2) is 0 Å². The largest absolute Gasteiger partial charge is 0.384 e. The van der Waals surface area contributed by atoms with E-state index in [0.29, 0.717) is 6.42 Å². The van der Waals surface area contributed by atoms with E-state index in [1.54, 1.807) is 6.08 Å². The van der Waals surface area contributed by atoms with E-state index in [0.717, 1.165) is 5.70 Å². The standard InChI is InChI=1S/C10H19NO/c1-6-9(12)7-8(2)11-10(3,4)5/h7,11H,6H2,1-5H3. The molecule has 0 heterocycles. The maximum atomic E-state index is 11.0. The number of allylic oxidation sites excluding steroid dienone is 2. The van der Waals surface area contributed by atoms with Crippen LogP contribution in [0.25, 0.3) is 0 Å². The van der Waals surface area contributed by atoms with Gasteiger partial charge in [0.2, 0.25) is 0 Å². The Bertz CT molecular complexity index is 187. The molecule has 2 nitrogen and oxygen atoms in total. The molecule has 0 spiro atoms. The Balaban J connectivity index is 4.12. The van der Waals surface area contributed by atoms with Crippen molar-refractivity contribution in [2.24, 2.45) is 0 Å². The van der Waals surface area contributed by atoms with Crippen molar-refractivity contribution >= 4 is 5.78 Å². The number of ketones is 1. The van der Waals surface area contributed by atoms with Crippen molar-refractivity contribution in [1.82, 2.24) is 5.32 Å². The van der Waals surface area contributed by atoms with Gasteiger partial charge in [0, 0.05) is 17.7 Å². The fraction of sp³-hybridized carbons (Fsp3) is 0.700. The van der Waals surface area contributed by atoms with Gasteiger partial charge in [-0.15, -0.1) is 0 Å². The molecule has 0 unspecified atom stereocenters. The topological polar surface area (TPSA) is 29.1 Å². The Morgan fingerprint density at radius 3 is 2.25 bits per heavy atom. The number of carbonyl (C=O) groups is 1. The molecule has 0 saturated carbocycles. The minimum absolute atomic E-state index is 0.0363. The highest BCUT2D eigenvalue weighted by Gasteiger charge is 2.08. The molecule has 0 saturated heterocycles. The first-order valence-corrected chi connectivity index (χ1v) is 4.34. The lowest BCUT2D eigenvalue weighted by Crippen LogP contribution is -2.34. The van der Waals surface area contributed by atoms with Crippen LogP contribution in [0.5, 0.6) is 0 Å². The lowest BCUT2D eigenvalue weighted by molar-refractivity contribution is -0.114. The first-order chi connectivity index (χ1) is 5.35. The zero-order chi connectivity index (χ0) is 9.78. The van der Waals surface area contributed by atoms with Crippen LogP contribution < -0.4 is 5.32 Å². The molecule has 0 radical (unpaired) electrons. The van der Waals surface area contributed by atoms with Crippen LogP contribution in [0.1, 0.15) is 41.0 Å². The molecule has 1 N–H and O–H groups in total. The molecular weight excluding hydrogens is 150 g/mol. The van der Waals surface area contributed by atoms with E-state index >= 15 is 0 Å². The summed E-state index contributed by atoms with van der Waals surface area (Å²) < 4.78 is 0. The monoisotopic (exact) mass is 169 g/mol. The molecule has 0 fully saturated rings. The second-order valence-electron chi connectivity index (χ2n) is 4.02. The Morgan fingerprint density at radius 2 is 1.92 bits per heavy atom. The number of carbonyl (C=O) groups excluding carboxylic acids is 1. The van der Waals surface area contributed by atoms with Crippen molar-refractivity contribution in [3.8, 4) is 0 Å². The number of hydrogen-bond acceptors (Lipinski definition) is 2. The average Bonchev–Trinajstić information content (AvgIpc) is 1.82. The van der Waals surface area contributed by atoms with Crippen LogP contribution in [0.2, 0.25) is 0 Å². The third-order valence-corrected chi connectivity index (χ3v) is 1.30. The maximum absolute atomic E-state index is 11.0. The van der Waals surface area contributed by atoms with Crippen molar-refractivity contribution in [1.29, 1.82) is 0 Å². The summed E-state index contributed by atoms with van der Waals surface area (Å²) in [6.07, 6.45) is 2.23. The smallest absolute Gasteiger partial charge is 0.157 e. The minimum Gasteiger partial charge on any atom is -0.384 e. The van der Waals surface area contributed by atoms with Gasteiger partial charge >= 0.3 is 0 Å². The van der Waals surface area contributed by atoms with Crippen molar-refractivity contribution in [3.63, 3.8) is 0 Å². The highest BCUT2D eigenvalue weighted by atomic mass is 16.1. The van der Waals surface area contributed by atoms with Crippen LogP contribution in [0.15, 0.2) is 11.8 Å². The highest BCUT2D eigenvalue weighted by Crippen LogP contribution is 2.03. The molecule has 0 amide bonds. The highest BCUT2D eigenvalue weighted by molar-refractivity contribution is 5.89. The van der Waals surface area contributed by atoms with Gasteiger partial charge in [-0.2, -0.15) is 0 Å². The van der Waals surface area contributed by atoms with E-state index in [9.17, 15) is 4.79 Å². The van der Waals surface area contributed by atoms with Gasteiger partial charge in [0.05, 0.1) is 0 Å². The molecule has 0 atom stereocenters. The van der Waals surface area contributed by atoms with Crippen molar-refractivity contribution in [2.75, 3.05) is 0 Å². The number of nitrogens with one attached hydrogen (secondary N) is 1. The third kappa shape index (κ3) is 5.96. The van der Waals surface area contributed by atoms with Gasteiger partial charge < -0.3 is 5.32 Å². The second-order valence-corrected chi connectivity index (χ2v) is 4.02. The summed E-state index contributed by atoms with van der Waals surface area (Å²) in [5.41, 5.74) is 0.976. The lowest BCUT2D eigenvalue weighted by Gasteiger charge is -2.22. The van der Waals surface area contributed by atoms with E-state index in [4.69, 9.17) is 0 Å². The van der Waals surface area contributed by atoms with E-state index < -0.39 is 0 Å². The van der Waals surface area contributed by atoms with E-state index in [2.05, 4.69) is 26.1 Å². The molecule has 0 aromatic heterocycles. The zero-order valence-electron chi connectivity index (χ0n) is 8.69. The zero-order valence-corrected chi connectivity index (χ0v) is 8.69. The van der Waals surface area contributed by atoms with Gasteiger partial charge in [0.25, 0.3) is 0 Å². The fourth-order valence-corrected chi connectivity index (χ4v) is 0.971. The Labute approximate surface area is 75.0 Å². The molecular formula is C10H19NO. The van der Waals surface area contributed by atoms with Gasteiger partial charge in [0.15, 0.2) is 5.78 Å². The van der Waals surface area contributed by atoms with E-state index in [1.165, 1.54) is 0 Å². The summed E-state index contributed by atoms with van der Waals surface area (Å²) in [5, 5.41) is 3.22. The molecule has 0 aromatic rings. The molecule has 0 aliphatic carbocycles. The molecule has 0 bridgehead atoms. The van der Waals surface area contributed by atoms with Crippen LogP contribution in [0, 0.1) is 0 Å². The Hall–Kier alpha value is -0.790. The van der Waals surface area contributed by atoms with Crippen LogP contribution in [0.4, 0.5) is 0 Å². The quantitative estimate of drug-likeness (QED) is 0.656. The summed E-state index contributed by atoms with van der Waals surface area (Å²) >= 11 is 0. The minimum atomic E-state index is 0.0363. The first-order valence-electron chi connectivity index (χ1n) is 4.34. The van der Waals surface area contributed by atoms with Gasteiger partial charge in [-0.3, -0.25) is 4.79 Å². The normalized spacial score (nSPS) is 12.9. The molecule has 2 heteroatoms. The second kappa shape index (κ2) is 4.29. The van der Waals surface area contributed by atoms with Crippen LogP contribution in [-0.2, 0) is 4.79 Å². The summed E-state index contributed by atoms with van der Waals surface area (Å²) in [4.78, 5) is 11.0. The van der Waals surface area contributed by atoms with Crippen molar-refractivity contribution < 1.29 is 4.79 Å². The number of hydrogen-bond donors (Lipinski definition) is 1. The lowest BCUT2D eigenvalue weighted by atomic mass is 10.1. The Morgan fingerprint density at radius 1 is 1.42 bits per heavy atom. The maximum Gasteiger partial charge on any atom is 0.157 e. The summed E-state index contributed by atoms with van der Waals surface area (Å²) in [5.74, 6) is 0.171. The van der Waals surface area contributed by atoms with E-state index in [-0.39, 0.29) is 11.3 Å². The van der Waals surface area contributed by atoms with Gasteiger partial charge in [-0.1, -0.05) is 6.92 Å². The predicted octanol–water partition coefficient (Wildman–Crippen LogP) is 2.26. The SMILES string of the molecule is CCC(=O)C=C(C)NC(C)(C)C. The third-order valence-electron chi connectivity index (χ3n) is 1.30. The van der Waals surface area contributed by atoms with Crippen LogP contribution >= 0.6 is 0 Å². The summed E-state index contributed by atoms with van der Waals surface area (Å²) in [7, 11) is 0. The number of rotatable bonds is 3. The van der Waals surface area contributed by atoms with Gasteiger partial charge in [0.1, 0.15) is 0 Å². The van der Waals surface area contributed by atoms with Crippen LogP contribution in [0.3, 0.4) is 0 Å². The molecule has 0 rings (SSSR count). The molecule has 0 aromatic carbocycles. The predicted molar refractivity (Wildman–Crippen MR) is 51.9 cm³/mol.